The predicted molar refractivity (Wildman–Crippen MR) is 60.4 cm³/mol. The summed E-state index contributed by atoms with van der Waals surface area (Å²) in [7, 11) is 0. The molecule has 1 fully saturated rings. The molecule has 0 bridgehead atoms. The Hall–Kier alpha value is -0.0800. The van der Waals surface area contributed by atoms with Crippen LogP contribution in [-0.2, 0) is 0 Å². The van der Waals surface area contributed by atoms with E-state index in [1.807, 2.05) is 0 Å². The second-order valence-electron chi connectivity index (χ2n) is 4.61. The van der Waals surface area contributed by atoms with Gasteiger partial charge in [-0.3, -0.25) is 4.90 Å². The van der Waals surface area contributed by atoms with Crippen LogP contribution in [0.15, 0.2) is 0 Å². The van der Waals surface area contributed by atoms with Gasteiger partial charge in [0.2, 0.25) is 0 Å². The molecule has 0 spiro atoms. The van der Waals surface area contributed by atoms with Crippen LogP contribution in [-0.4, -0.2) is 34.7 Å². The van der Waals surface area contributed by atoms with Gasteiger partial charge in [-0.05, 0) is 38.6 Å². The molecule has 1 N–H and O–H groups in total. The maximum absolute atomic E-state index is 10.3. The minimum Gasteiger partial charge on any atom is -0.389 e. The third-order valence-electron chi connectivity index (χ3n) is 3.78. The van der Waals surface area contributed by atoms with Crippen LogP contribution in [0.5, 0.6) is 0 Å². The van der Waals surface area contributed by atoms with Gasteiger partial charge in [-0.2, -0.15) is 0 Å². The van der Waals surface area contributed by atoms with E-state index >= 15 is 0 Å². The van der Waals surface area contributed by atoms with Gasteiger partial charge in [0.05, 0.1) is 5.60 Å². The molecule has 1 rings (SSSR count). The molecule has 0 aromatic carbocycles. The lowest BCUT2D eigenvalue weighted by molar-refractivity contribution is -0.00697. The Morgan fingerprint density at radius 2 is 1.93 bits per heavy atom. The monoisotopic (exact) mass is 199 g/mol. The number of aliphatic hydroxyl groups is 1. The van der Waals surface area contributed by atoms with Crippen molar-refractivity contribution in [2.45, 2.75) is 64.5 Å². The molecule has 0 aliphatic carbocycles. The highest BCUT2D eigenvalue weighted by Crippen LogP contribution is 2.25. The molecule has 84 valence electrons. The van der Waals surface area contributed by atoms with Gasteiger partial charge in [-0.1, -0.05) is 20.8 Å². The summed E-state index contributed by atoms with van der Waals surface area (Å²) in [5.41, 5.74) is -0.447. The standard InChI is InChI=1S/C12H25NO/c1-4-11-8-7-9-13(11)10-12(14,5-2)6-3/h11,14H,4-10H2,1-3H3. The summed E-state index contributed by atoms with van der Waals surface area (Å²) in [4.78, 5) is 2.48. The molecular weight excluding hydrogens is 174 g/mol. The fraction of sp³-hybridized carbons (Fsp3) is 1.00. The van der Waals surface area contributed by atoms with Crippen LogP contribution in [0.1, 0.15) is 52.9 Å². The summed E-state index contributed by atoms with van der Waals surface area (Å²) in [5.74, 6) is 0. The summed E-state index contributed by atoms with van der Waals surface area (Å²) >= 11 is 0. The van der Waals surface area contributed by atoms with E-state index in [0.717, 1.165) is 25.4 Å². The molecule has 0 amide bonds. The molecule has 0 aromatic rings. The summed E-state index contributed by atoms with van der Waals surface area (Å²) in [6.45, 7) is 8.47. The number of hydrogen-bond acceptors (Lipinski definition) is 2. The van der Waals surface area contributed by atoms with Gasteiger partial charge in [-0.15, -0.1) is 0 Å². The predicted octanol–water partition coefficient (Wildman–Crippen LogP) is 2.41. The van der Waals surface area contributed by atoms with E-state index < -0.39 is 5.60 Å². The molecule has 2 heteroatoms. The van der Waals surface area contributed by atoms with Crippen LogP contribution in [0.4, 0.5) is 0 Å². The number of nitrogens with zero attached hydrogens (tertiary/aromatic N) is 1. The molecule has 1 heterocycles. The van der Waals surface area contributed by atoms with Crippen molar-refractivity contribution in [3.63, 3.8) is 0 Å². The van der Waals surface area contributed by atoms with Crippen molar-refractivity contribution in [1.82, 2.24) is 4.90 Å². The van der Waals surface area contributed by atoms with E-state index in [4.69, 9.17) is 0 Å². The van der Waals surface area contributed by atoms with Gasteiger partial charge in [0.15, 0.2) is 0 Å². The van der Waals surface area contributed by atoms with Gasteiger partial charge in [0.25, 0.3) is 0 Å². The highest BCUT2D eigenvalue weighted by Gasteiger charge is 2.31. The van der Waals surface area contributed by atoms with Crippen molar-refractivity contribution >= 4 is 0 Å². The first-order valence-electron chi connectivity index (χ1n) is 6.11. The van der Waals surface area contributed by atoms with Crippen molar-refractivity contribution in [2.75, 3.05) is 13.1 Å². The highest BCUT2D eigenvalue weighted by atomic mass is 16.3. The van der Waals surface area contributed by atoms with Gasteiger partial charge < -0.3 is 5.11 Å². The van der Waals surface area contributed by atoms with Crippen LogP contribution in [0.3, 0.4) is 0 Å². The van der Waals surface area contributed by atoms with Gasteiger partial charge in [0, 0.05) is 12.6 Å². The number of likely N-dealkylation sites (tertiary alicyclic amines) is 1. The highest BCUT2D eigenvalue weighted by molar-refractivity contribution is 4.86. The zero-order valence-electron chi connectivity index (χ0n) is 9.92. The molecular formula is C12H25NO. The van der Waals surface area contributed by atoms with Crippen molar-refractivity contribution in [2.24, 2.45) is 0 Å². The molecule has 1 aliphatic heterocycles. The van der Waals surface area contributed by atoms with Crippen molar-refractivity contribution < 1.29 is 5.11 Å². The average Bonchev–Trinajstić information content (AvgIpc) is 2.65. The fourth-order valence-electron chi connectivity index (χ4n) is 2.42. The topological polar surface area (TPSA) is 23.5 Å². The molecule has 2 nitrogen and oxygen atoms in total. The maximum Gasteiger partial charge on any atom is 0.0769 e. The molecule has 1 aliphatic rings. The SMILES string of the molecule is CCC1CCCN1CC(O)(CC)CC. The largest absolute Gasteiger partial charge is 0.389 e. The lowest BCUT2D eigenvalue weighted by Gasteiger charge is -2.33. The quantitative estimate of drug-likeness (QED) is 0.735. The van der Waals surface area contributed by atoms with Crippen molar-refractivity contribution in [1.29, 1.82) is 0 Å². The molecule has 1 atom stereocenters. The zero-order chi connectivity index (χ0) is 10.6. The van der Waals surface area contributed by atoms with Gasteiger partial charge in [0.1, 0.15) is 0 Å². The summed E-state index contributed by atoms with van der Waals surface area (Å²) in [6, 6.07) is 0.722. The van der Waals surface area contributed by atoms with E-state index in [0.29, 0.717) is 0 Å². The maximum atomic E-state index is 10.3. The Balaban J connectivity index is 2.49. The average molecular weight is 199 g/mol. The lowest BCUT2D eigenvalue weighted by atomic mass is 9.96. The summed E-state index contributed by atoms with van der Waals surface area (Å²) in [6.07, 6.45) is 5.60. The van der Waals surface area contributed by atoms with Crippen molar-refractivity contribution in [3.05, 3.63) is 0 Å². The first-order valence-corrected chi connectivity index (χ1v) is 6.11. The van der Waals surface area contributed by atoms with Crippen LogP contribution in [0, 0.1) is 0 Å². The number of β-amino-alcohol motifs (C(OH)–C–C–N with tert-alkyl or cyclic N) is 1. The summed E-state index contributed by atoms with van der Waals surface area (Å²) in [5, 5.41) is 10.3. The Bertz CT molecular complexity index is 166. The smallest absolute Gasteiger partial charge is 0.0769 e. The summed E-state index contributed by atoms with van der Waals surface area (Å²) < 4.78 is 0. The lowest BCUT2D eigenvalue weighted by Crippen LogP contribution is -2.44. The Labute approximate surface area is 88.3 Å². The Kier molecular flexibility index (Phi) is 4.39. The third kappa shape index (κ3) is 2.71. The van der Waals surface area contributed by atoms with Gasteiger partial charge >= 0.3 is 0 Å². The van der Waals surface area contributed by atoms with Crippen LogP contribution in [0.2, 0.25) is 0 Å². The second kappa shape index (κ2) is 5.13. The molecule has 1 unspecified atom stereocenters. The van der Waals surface area contributed by atoms with E-state index in [2.05, 4.69) is 25.7 Å². The Morgan fingerprint density at radius 1 is 1.29 bits per heavy atom. The van der Waals surface area contributed by atoms with Crippen LogP contribution >= 0.6 is 0 Å². The molecule has 0 aromatic heterocycles. The number of rotatable bonds is 5. The number of hydrogen-bond donors (Lipinski definition) is 1. The first-order chi connectivity index (χ1) is 6.65. The van der Waals surface area contributed by atoms with Crippen LogP contribution < -0.4 is 0 Å². The van der Waals surface area contributed by atoms with E-state index in [1.165, 1.54) is 25.8 Å². The molecule has 0 saturated carbocycles. The molecule has 14 heavy (non-hydrogen) atoms. The van der Waals surface area contributed by atoms with Gasteiger partial charge in [-0.25, -0.2) is 0 Å². The van der Waals surface area contributed by atoms with Crippen molar-refractivity contribution in [3.8, 4) is 0 Å². The Morgan fingerprint density at radius 3 is 2.43 bits per heavy atom. The first kappa shape index (κ1) is 12.0. The molecule has 1 saturated heterocycles. The normalized spacial score (nSPS) is 24.4. The van der Waals surface area contributed by atoms with Crippen LogP contribution in [0.25, 0.3) is 0 Å². The zero-order valence-corrected chi connectivity index (χ0v) is 9.92. The minimum absolute atomic E-state index is 0.447. The third-order valence-corrected chi connectivity index (χ3v) is 3.78. The second-order valence-corrected chi connectivity index (χ2v) is 4.61. The van der Waals surface area contributed by atoms with E-state index in [9.17, 15) is 5.11 Å². The minimum atomic E-state index is -0.447. The van der Waals surface area contributed by atoms with E-state index in [-0.39, 0.29) is 0 Å². The molecule has 0 radical (unpaired) electrons. The fourth-order valence-corrected chi connectivity index (χ4v) is 2.42. The van der Waals surface area contributed by atoms with E-state index in [1.54, 1.807) is 0 Å².